The lowest BCUT2D eigenvalue weighted by Gasteiger charge is -2.34. The van der Waals surface area contributed by atoms with Crippen LogP contribution in [0.5, 0.6) is 5.75 Å². The van der Waals surface area contributed by atoms with E-state index in [0.29, 0.717) is 34.9 Å². The normalized spacial score (nSPS) is 21.5. The number of hydrogen-bond acceptors (Lipinski definition) is 5. The zero-order valence-corrected chi connectivity index (χ0v) is 16.8. The Morgan fingerprint density at radius 2 is 1.93 bits per heavy atom. The van der Waals surface area contributed by atoms with E-state index in [4.69, 9.17) is 9.15 Å². The number of carbonyl (C=O) groups is 2. The maximum atomic E-state index is 13.4. The Labute approximate surface area is 169 Å². The molecule has 1 saturated carbocycles. The molecule has 0 bridgehead atoms. The fraction of sp³-hybridized carbons (Fsp3) is 0.348. The third-order valence-corrected chi connectivity index (χ3v) is 5.57. The topological polar surface area (TPSA) is 80.9 Å². The van der Waals surface area contributed by atoms with E-state index < -0.39 is 11.8 Å². The molecule has 2 heterocycles. The molecule has 6 nitrogen and oxygen atoms in total. The number of anilines is 1. The van der Waals surface area contributed by atoms with E-state index in [1.165, 1.54) is 0 Å². The predicted octanol–water partition coefficient (Wildman–Crippen LogP) is 4.42. The van der Waals surface area contributed by atoms with E-state index in [-0.39, 0.29) is 11.7 Å². The number of nitrogens with zero attached hydrogens (tertiary/aromatic N) is 1. The number of allylic oxidation sites excluding steroid dienone is 1. The minimum absolute atomic E-state index is 0.115. The van der Waals surface area contributed by atoms with E-state index in [0.717, 1.165) is 24.3 Å². The van der Waals surface area contributed by atoms with Gasteiger partial charge in [-0.1, -0.05) is 12.1 Å². The van der Waals surface area contributed by atoms with Crippen LogP contribution in [0.15, 0.2) is 57.1 Å². The van der Waals surface area contributed by atoms with E-state index in [1.54, 1.807) is 19.2 Å². The summed E-state index contributed by atoms with van der Waals surface area (Å²) in [6.45, 7) is 3.68. The first-order valence-electron chi connectivity index (χ1n) is 9.81. The summed E-state index contributed by atoms with van der Waals surface area (Å²) >= 11 is 0. The number of rotatable bonds is 4. The van der Waals surface area contributed by atoms with Crippen LogP contribution in [0.2, 0.25) is 0 Å². The second kappa shape index (κ2) is 7.70. The average Bonchev–Trinajstić information content (AvgIpc) is 3.13. The van der Waals surface area contributed by atoms with Gasteiger partial charge in [-0.05, 0) is 51.0 Å². The maximum absolute atomic E-state index is 13.4. The Balaban J connectivity index is 1.78. The van der Waals surface area contributed by atoms with Gasteiger partial charge < -0.3 is 14.5 Å². The van der Waals surface area contributed by atoms with Gasteiger partial charge in [-0.25, -0.2) is 0 Å². The Morgan fingerprint density at radius 3 is 2.66 bits per heavy atom. The number of fused-ring (bicyclic) bond motifs is 1. The van der Waals surface area contributed by atoms with Crippen LogP contribution in [0.1, 0.15) is 43.6 Å². The summed E-state index contributed by atoms with van der Waals surface area (Å²) in [6.07, 6.45) is 2.07. The van der Waals surface area contributed by atoms with Crippen molar-refractivity contribution in [1.82, 2.24) is 0 Å². The van der Waals surface area contributed by atoms with Crippen LogP contribution >= 0.6 is 0 Å². The molecule has 2 aromatic rings. The number of carbonyl (C=O) groups excluding carboxylic acids is 2. The third-order valence-electron chi connectivity index (χ3n) is 5.57. The summed E-state index contributed by atoms with van der Waals surface area (Å²) in [5, 5.41) is 2.93. The molecule has 1 amide bonds. The standard InChI is InChI=1S/C23H24N2O4/c1-13-11-12-19(29-13)22-20(14(2)24-16-8-6-9-17(26)21(16)22)23(27)25-15-7-4-5-10-18(15)28-3/h4-5,7,10-12,21-22H,6,8-9H2,1-3H3,(H,25,27)/t21?,22-/m0/s1. The first-order chi connectivity index (χ1) is 14.0. The SMILES string of the molecule is COc1ccccc1NC(=O)C1=C(C)N=C2CCCC(=O)C2[C@H]1c1ccc(C)o1. The summed E-state index contributed by atoms with van der Waals surface area (Å²) in [5.74, 6) is 0.832. The van der Waals surface area contributed by atoms with Crippen molar-refractivity contribution in [2.45, 2.75) is 39.0 Å². The quantitative estimate of drug-likeness (QED) is 0.835. The second-order valence-electron chi connectivity index (χ2n) is 7.48. The van der Waals surface area contributed by atoms with Gasteiger partial charge in [0.25, 0.3) is 5.91 Å². The first kappa shape index (κ1) is 19.2. The fourth-order valence-electron chi connectivity index (χ4n) is 4.28. The lowest BCUT2D eigenvalue weighted by atomic mass is 9.71. The number of ketones is 1. The van der Waals surface area contributed by atoms with Gasteiger partial charge >= 0.3 is 0 Å². The minimum atomic E-state index is -0.473. The summed E-state index contributed by atoms with van der Waals surface area (Å²) < 4.78 is 11.2. The van der Waals surface area contributed by atoms with Gasteiger partial charge in [-0.15, -0.1) is 0 Å². The van der Waals surface area contributed by atoms with Gasteiger partial charge in [0.15, 0.2) is 0 Å². The van der Waals surface area contributed by atoms with Crippen molar-refractivity contribution in [1.29, 1.82) is 0 Å². The number of amides is 1. The molecule has 2 atom stereocenters. The van der Waals surface area contributed by atoms with Crippen LogP contribution < -0.4 is 10.1 Å². The van der Waals surface area contributed by atoms with Crippen molar-refractivity contribution in [3.63, 3.8) is 0 Å². The highest BCUT2D eigenvalue weighted by molar-refractivity contribution is 6.14. The first-order valence-corrected chi connectivity index (χ1v) is 9.81. The molecule has 0 saturated heterocycles. The van der Waals surface area contributed by atoms with Gasteiger partial charge in [0.2, 0.25) is 0 Å². The number of furan rings is 1. The van der Waals surface area contributed by atoms with Crippen molar-refractivity contribution in [2.75, 3.05) is 12.4 Å². The number of ether oxygens (including phenoxy) is 1. The smallest absolute Gasteiger partial charge is 0.254 e. The van der Waals surface area contributed by atoms with Crippen LogP contribution in [0, 0.1) is 12.8 Å². The number of aliphatic imine (C=N–C) groups is 1. The van der Waals surface area contributed by atoms with Crippen molar-refractivity contribution in [2.24, 2.45) is 10.9 Å². The number of hydrogen-bond donors (Lipinski definition) is 1. The molecule has 1 fully saturated rings. The van der Waals surface area contributed by atoms with Crippen LogP contribution in [-0.2, 0) is 9.59 Å². The molecule has 1 N–H and O–H groups in total. The van der Waals surface area contributed by atoms with Gasteiger partial charge in [-0.2, -0.15) is 0 Å². The Kier molecular flexibility index (Phi) is 5.09. The molecule has 1 aliphatic heterocycles. The van der Waals surface area contributed by atoms with Crippen LogP contribution in [0.3, 0.4) is 0 Å². The number of Topliss-reactive ketones (excluding diaryl/α,β-unsaturated/α-hetero) is 1. The third kappa shape index (κ3) is 3.50. The highest BCUT2D eigenvalue weighted by atomic mass is 16.5. The molecular formula is C23H24N2O4. The van der Waals surface area contributed by atoms with E-state index in [1.807, 2.05) is 38.1 Å². The molecule has 4 rings (SSSR count). The van der Waals surface area contributed by atoms with Crippen molar-refractivity contribution < 1.29 is 18.7 Å². The molecular weight excluding hydrogens is 368 g/mol. The second-order valence-corrected chi connectivity index (χ2v) is 7.48. The van der Waals surface area contributed by atoms with Crippen LogP contribution in [0.4, 0.5) is 5.69 Å². The lowest BCUT2D eigenvalue weighted by molar-refractivity contribution is -0.122. The van der Waals surface area contributed by atoms with Gasteiger partial charge in [-0.3, -0.25) is 14.6 Å². The molecule has 6 heteroatoms. The average molecular weight is 392 g/mol. The molecule has 1 aliphatic carbocycles. The van der Waals surface area contributed by atoms with E-state index in [9.17, 15) is 9.59 Å². The Hall–Kier alpha value is -3.15. The number of para-hydroxylation sites is 2. The summed E-state index contributed by atoms with van der Waals surface area (Å²) in [5.41, 5.74) is 2.51. The molecule has 150 valence electrons. The zero-order valence-electron chi connectivity index (χ0n) is 16.8. The van der Waals surface area contributed by atoms with Gasteiger partial charge in [0.05, 0.1) is 30.2 Å². The fourth-order valence-corrected chi connectivity index (χ4v) is 4.28. The highest BCUT2D eigenvalue weighted by Gasteiger charge is 2.44. The summed E-state index contributed by atoms with van der Waals surface area (Å²) in [4.78, 5) is 30.9. The molecule has 0 spiro atoms. The van der Waals surface area contributed by atoms with Crippen LogP contribution in [-0.4, -0.2) is 24.5 Å². The van der Waals surface area contributed by atoms with Crippen molar-refractivity contribution in [3.8, 4) is 5.75 Å². The number of benzene rings is 1. The van der Waals surface area contributed by atoms with Crippen LogP contribution in [0.25, 0.3) is 0 Å². The maximum Gasteiger partial charge on any atom is 0.254 e. The molecule has 1 aromatic heterocycles. The van der Waals surface area contributed by atoms with Crippen molar-refractivity contribution in [3.05, 3.63) is 59.2 Å². The molecule has 1 aromatic carbocycles. The van der Waals surface area contributed by atoms with E-state index in [2.05, 4.69) is 10.3 Å². The number of methoxy groups -OCH3 is 1. The minimum Gasteiger partial charge on any atom is -0.495 e. The van der Waals surface area contributed by atoms with E-state index >= 15 is 0 Å². The number of nitrogens with one attached hydrogen (secondary N) is 1. The zero-order chi connectivity index (χ0) is 20.5. The summed E-state index contributed by atoms with van der Waals surface area (Å²) in [6, 6.07) is 10.9. The lowest BCUT2D eigenvalue weighted by Crippen LogP contribution is -2.39. The van der Waals surface area contributed by atoms with Gasteiger partial charge in [0.1, 0.15) is 23.1 Å². The summed E-state index contributed by atoms with van der Waals surface area (Å²) in [7, 11) is 1.56. The molecule has 1 unspecified atom stereocenters. The van der Waals surface area contributed by atoms with Crippen molar-refractivity contribution >= 4 is 23.1 Å². The monoisotopic (exact) mass is 392 g/mol. The predicted molar refractivity (Wildman–Crippen MR) is 110 cm³/mol. The largest absolute Gasteiger partial charge is 0.495 e. The molecule has 2 aliphatic rings. The Bertz CT molecular complexity index is 1030. The molecule has 0 radical (unpaired) electrons. The highest BCUT2D eigenvalue weighted by Crippen LogP contribution is 2.43. The Morgan fingerprint density at radius 1 is 1.14 bits per heavy atom. The molecule has 29 heavy (non-hydrogen) atoms. The number of aryl methyl sites for hydroxylation is 1. The van der Waals surface area contributed by atoms with Gasteiger partial charge in [0, 0.05) is 17.8 Å².